The lowest BCUT2D eigenvalue weighted by molar-refractivity contribution is -0.144. The molecule has 9 atom stereocenters. The van der Waals surface area contributed by atoms with Gasteiger partial charge in [-0.1, -0.05) is 61.6 Å². The maximum atomic E-state index is 12.2. The van der Waals surface area contributed by atoms with E-state index in [-0.39, 0.29) is 91.5 Å². The van der Waals surface area contributed by atoms with E-state index < -0.39 is 116 Å². The predicted molar refractivity (Wildman–Crippen MR) is 459 cm³/mol. The molecule has 21 rings (SSSR count). The van der Waals surface area contributed by atoms with Gasteiger partial charge in [-0.3, -0.25) is 33.6 Å². The number of aromatic carboxylic acids is 1. The first-order valence-electron chi connectivity index (χ1n) is 39.0. The highest BCUT2D eigenvalue weighted by Gasteiger charge is 2.55. The van der Waals surface area contributed by atoms with E-state index in [0.717, 1.165) is 22.6 Å². The second-order valence-corrected chi connectivity index (χ2v) is 31.0. The number of carboxylic acids is 4. The summed E-state index contributed by atoms with van der Waals surface area (Å²) in [6, 6.07) is 45.4. The summed E-state index contributed by atoms with van der Waals surface area (Å²) >= 11 is 0. The summed E-state index contributed by atoms with van der Waals surface area (Å²) in [6.45, 7) is 3.99. The average Bonchev–Trinajstić information content (AvgIpc) is 1.51. The van der Waals surface area contributed by atoms with Crippen LogP contribution in [0.2, 0.25) is 0 Å². The molecule has 0 spiro atoms. The minimum atomic E-state index is -1.11. The molecule has 0 radical (unpaired) electrons. The zero-order valence-electron chi connectivity index (χ0n) is 65.6. The van der Waals surface area contributed by atoms with Crippen LogP contribution in [0.3, 0.4) is 0 Å². The van der Waals surface area contributed by atoms with Crippen LogP contribution in [0.15, 0.2) is 258 Å². The van der Waals surface area contributed by atoms with Crippen LogP contribution in [-0.4, -0.2) is 100 Å². The van der Waals surface area contributed by atoms with E-state index in [4.69, 9.17) is 27.2 Å². The Bertz CT molecular complexity index is 7720. The summed E-state index contributed by atoms with van der Waals surface area (Å²) < 4.78 is 28.2. The van der Waals surface area contributed by atoms with Crippen molar-refractivity contribution in [2.75, 3.05) is 0 Å². The molecule has 0 aromatic heterocycles. The molecule has 2 saturated carbocycles. The van der Waals surface area contributed by atoms with Gasteiger partial charge in [-0.2, -0.15) is 0 Å². The van der Waals surface area contributed by atoms with Crippen molar-refractivity contribution >= 4 is 95.6 Å². The number of rotatable bonds is 8. The van der Waals surface area contributed by atoms with Gasteiger partial charge in [0.25, 0.3) is 0 Å². The first kappa shape index (κ1) is 81.5. The molecule has 5 aliphatic heterocycles. The fraction of sp³-hybridized carbons (Fsp3) is 0.124. The molecular weight excluding hydrogens is 1630 g/mol. The first-order valence-corrected chi connectivity index (χ1v) is 39.0. The highest BCUT2D eigenvalue weighted by atomic mass is 16.4. The molecule has 14 aliphatic rings. The van der Waals surface area contributed by atoms with Crippen LogP contribution in [-0.2, 0) is 14.4 Å². The third-order valence-corrected chi connectivity index (χ3v) is 24.1. The van der Waals surface area contributed by atoms with Crippen LogP contribution in [0.1, 0.15) is 57.8 Å². The van der Waals surface area contributed by atoms with Crippen molar-refractivity contribution in [1.82, 2.24) is 0 Å². The zero-order chi connectivity index (χ0) is 89.2. The summed E-state index contributed by atoms with van der Waals surface area (Å²) in [5.74, 6) is -10.6. The maximum Gasteiger partial charge on any atom is 0.336 e. The van der Waals surface area contributed by atoms with E-state index in [1.807, 2.05) is 44.2 Å². The monoisotopic (exact) mass is 1700 g/mol. The van der Waals surface area contributed by atoms with Crippen LogP contribution in [0, 0.1) is 48.3 Å². The Balaban J connectivity index is 0.000000113. The molecule has 7 aromatic carbocycles. The Morgan fingerprint density at radius 2 is 0.849 bits per heavy atom. The van der Waals surface area contributed by atoms with Crippen LogP contribution >= 0.6 is 0 Å². The first-order chi connectivity index (χ1) is 60.3. The van der Waals surface area contributed by atoms with Crippen molar-refractivity contribution in [3.8, 4) is 131 Å². The van der Waals surface area contributed by atoms with Gasteiger partial charge in [0.2, 0.25) is 50.8 Å². The van der Waals surface area contributed by atoms with Crippen LogP contribution in [0.5, 0.6) is 63.2 Å². The van der Waals surface area contributed by atoms with Gasteiger partial charge in [0, 0.05) is 108 Å². The molecular formula is C97H68O29. The normalized spacial score (nSPS) is 18.3. The quantitative estimate of drug-likeness (QED) is 0.0291. The Hall–Kier alpha value is -16.9. The van der Waals surface area contributed by atoms with Gasteiger partial charge >= 0.3 is 23.9 Å². The molecule has 0 saturated heterocycles. The smallest absolute Gasteiger partial charge is 0.336 e. The molecule has 0 amide bonds. The molecule has 5 heterocycles. The summed E-state index contributed by atoms with van der Waals surface area (Å²) in [4.78, 5) is 106. The van der Waals surface area contributed by atoms with Crippen molar-refractivity contribution in [2.45, 2.75) is 32.1 Å². The van der Waals surface area contributed by atoms with E-state index in [0.29, 0.717) is 111 Å². The number of benzene rings is 12. The molecule has 126 heavy (non-hydrogen) atoms. The maximum absolute atomic E-state index is 12.2. The summed E-state index contributed by atoms with van der Waals surface area (Å²) in [5.41, 5.74) is 4.95. The van der Waals surface area contributed by atoms with Gasteiger partial charge < -0.3 is 98.7 Å². The number of carbonyl (C=O) groups is 4. The van der Waals surface area contributed by atoms with Crippen LogP contribution < -0.4 is 27.1 Å². The fourth-order valence-corrected chi connectivity index (χ4v) is 18.5. The van der Waals surface area contributed by atoms with E-state index >= 15 is 0 Å². The predicted octanol–water partition coefficient (Wildman–Crippen LogP) is 16.4. The van der Waals surface area contributed by atoms with Gasteiger partial charge in [0.1, 0.15) is 34.2 Å². The molecule has 9 unspecified atom stereocenters. The number of allylic oxidation sites excluding steroid dienone is 4. The highest BCUT2D eigenvalue weighted by Crippen LogP contribution is 2.62. The third kappa shape index (κ3) is 13.8. The molecule has 2 fully saturated rings. The zero-order valence-corrected chi connectivity index (χ0v) is 65.6. The minimum absolute atomic E-state index is 0.0232. The number of phenolic OH excluding ortho intramolecular Hbond substituents is 11. The number of hydrogen-bond donors (Lipinski definition) is 15. The minimum Gasteiger partial charge on any atom is -0.508 e. The lowest BCUT2D eigenvalue weighted by Gasteiger charge is -2.29. The fourth-order valence-electron chi connectivity index (χ4n) is 18.5. The molecule has 9 aliphatic carbocycles. The lowest BCUT2D eigenvalue weighted by atomic mass is 9.75. The number of phenols is 11. The topological polar surface area (TPSA) is 523 Å². The van der Waals surface area contributed by atoms with E-state index in [2.05, 4.69) is 0 Å². The van der Waals surface area contributed by atoms with E-state index in [1.165, 1.54) is 109 Å². The molecule has 630 valence electrons. The molecule has 29 heteroatoms. The SMILES string of the molecule is CC1C2C=CC1C(c1c3ccc(=O)c(O)c-3oc3c(O)c(O)ccc13)C2C(=O)O.Cc1c2ccc(=O)cc-2oc2cc(O)ccc12.O=C(O)/C=C/c1c2ccc(=O)cc-2oc2cc(O)ccc12.O=C(O)C1C2C=CC(C2)C1c1c2ccc(=O)c(O)c-2oc2c(O)c(O)ccc12.O=C(O)c1cccc2cccc(-c3c4ccc(=O)c(O)c-4oc4c(O)c(O)ccc34)c12. The van der Waals surface area contributed by atoms with Crippen LogP contribution in [0.25, 0.3) is 139 Å². The van der Waals surface area contributed by atoms with Crippen molar-refractivity contribution < 1.29 is 118 Å². The van der Waals surface area contributed by atoms with Gasteiger partial charge in [0.05, 0.1) is 17.4 Å². The van der Waals surface area contributed by atoms with Gasteiger partial charge in [-0.05, 0) is 210 Å². The summed E-state index contributed by atoms with van der Waals surface area (Å²) in [6.07, 6.45) is 11.1. The van der Waals surface area contributed by atoms with Crippen molar-refractivity contribution in [3.05, 3.63) is 291 Å². The Morgan fingerprint density at radius 1 is 0.397 bits per heavy atom. The largest absolute Gasteiger partial charge is 0.508 e. The number of carboxylic acid groups (broad SMARTS) is 4. The summed E-state index contributed by atoms with van der Waals surface area (Å²) in [7, 11) is 0. The van der Waals surface area contributed by atoms with Gasteiger partial charge in [-0.15, -0.1) is 0 Å². The Morgan fingerprint density at radius 3 is 1.39 bits per heavy atom. The Labute approximate surface area is 705 Å². The number of aromatic hydroxyl groups is 11. The molecule has 7 aromatic rings. The second kappa shape index (κ2) is 31.3. The van der Waals surface area contributed by atoms with Crippen molar-refractivity contribution in [3.63, 3.8) is 0 Å². The van der Waals surface area contributed by atoms with Gasteiger partial charge in [-0.25, -0.2) is 9.59 Å². The average molecular weight is 1700 g/mol. The number of aliphatic carboxylic acids is 3. The standard InChI is InChI=1S/C24H14O7.C22H18O7.C21H16O7.C16H10O5.C14H10O3/c25-16-9-7-13-19(12-5-1-3-11-4-2-6-15(18(11)12)24(29)30)14-8-10-17(26)21(28)23(14)31-22(13)20(16)27;1-8-9-2-3-10(8)17(22(27)28)16(9)15-11-4-6-13(23)18(25)20(11)29-21-12(15)5-7-14(24)19(21)26;22-12-5-3-10-16(14-8-1-2-9(7-8)15(14)21(26)27)11-4-6-13(23)18(25)20(11)28-19(10)17(12)24;17-9-1-3-12-11(5-6-16(19)20)13-4-2-10(18)8-15(13)21-14(12)7-9;1-8-11-4-2-9(15)6-13(11)17-14-7-10(16)3-5-12(8)14/h1-10,25,27-28H,(H,29,30);2-10,16-17,23,25-26H,1H3,(H,27,28);1-6,8-9,14-15,22,24-25H,7H2,(H,26,27);1-8,17H,(H,19,20);2-7,15H,1H3/b;;;6-5+;. The number of aryl methyl sites for hydroxylation is 1. The van der Waals surface area contributed by atoms with Crippen molar-refractivity contribution in [2.24, 2.45) is 41.4 Å². The summed E-state index contributed by atoms with van der Waals surface area (Å²) in [5, 5.41) is 153. The second-order valence-electron chi connectivity index (χ2n) is 31.0. The molecule has 4 bridgehead atoms. The highest BCUT2D eigenvalue weighted by molar-refractivity contribution is 6.16. The number of fused-ring (bicyclic) bond motifs is 15. The van der Waals surface area contributed by atoms with Crippen LogP contribution in [0.4, 0.5) is 0 Å². The van der Waals surface area contributed by atoms with E-state index in [9.17, 15) is 115 Å². The Kier molecular flexibility index (Phi) is 20.3. The van der Waals surface area contributed by atoms with E-state index in [1.54, 1.807) is 72.8 Å². The number of hydrogen-bond acceptors (Lipinski definition) is 25. The van der Waals surface area contributed by atoms with Crippen molar-refractivity contribution in [1.29, 1.82) is 0 Å². The third-order valence-electron chi connectivity index (χ3n) is 24.1. The molecule has 29 nitrogen and oxygen atoms in total. The molecule has 15 N–H and O–H groups in total. The lowest BCUT2D eigenvalue weighted by Crippen LogP contribution is -2.26. The van der Waals surface area contributed by atoms with Gasteiger partial charge in [0.15, 0.2) is 62.1 Å².